The zero-order chi connectivity index (χ0) is 17.1. The van der Waals surface area contributed by atoms with Crippen molar-refractivity contribution in [3.8, 4) is 0 Å². The van der Waals surface area contributed by atoms with Gasteiger partial charge < -0.3 is 10.3 Å². The van der Waals surface area contributed by atoms with E-state index in [-0.39, 0.29) is 27.3 Å². The highest BCUT2D eigenvalue weighted by Gasteiger charge is 2.19. The first kappa shape index (κ1) is 16.8. The quantitative estimate of drug-likeness (QED) is 0.639. The lowest BCUT2D eigenvalue weighted by molar-refractivity contribution is 0.0947. The van der Waals surface area contributed by atoms with Gasteiger partial charge in [0.05, 0.1) is 22.2 Å². The van der Waals surface area contributed by atoms with Crippen LogP contribution < -0.4 is 5.32 Å². The van der Waals surface area contributed by atoms with E-state index < -0.39 is 0 Å². The minimum atomic E-state index is -0.334. The summed E-state index contributed by atoms with van der Waals surface area (Å²) in [6.07, 6.45) is 1.47. The second-order valence-electron chi connectivity index (χ2n) is 4.99. The molecule has 0 unspecified atom stereocenters. The van der Waals surface area contributed by atoms with E-state index in [1.54, 1.807) is 29.5 Å². The Labute approximate surface area is 152 Å². The van der Waals surface area contributed by atoms with Crippen molar-refractivity contribution in [3.63, 3.8) is 0 Å². The van der Waals surface area contributed by atoms with Crippen molar-refractivity contribution in [2.24, 2.45) is 0 Å². The average molecular weight is 379 g/mol. The smallest absolute Gasteiger partial charge is 0.268 e. The maximum absolute atomic E-state index is 12.5. The molecule has 0 saturated heterocycles. The maximum atomic E-state index is 12.5. The summed E-state index contributed by atoms with van der Waals surface area (Å²) in [7, 11) is 0. The number of carbonyl (C=O) groups is 2. The molecule has 0 aliphatic carbocycles. The number of aromatic amines is 1. The Kier molecular flexibility index (Phi) is 5.04. The first-order valence-corrected chi connectivity index (χ1v) is 8.67. The zero-order valence-electron chi connectivity index (χ0n) is 12.3. The summed E-state index contributed by atoms with van der Waals surface area (Å²) in [6.45, 7) is 0.440. The normalized spacial score (nSPS) is 10.6. The van der Waals surface area contributed by atoms with Crippen molar-refractivity contribution in [1.82, 2.24) is 10.3 Å². The van der Waals surface area contributed by atoms with Crippen LogP contribution in [0.5, 0.6) is 0 Å². The van der Waals surface area contributed by atoms with Crippen LogP contribution in [0.2, 0.25) is 10.0 Å². The molecular weight excluding hydrogens is 367 g/mol. The number of rotatable bonds is 5. The first-order valence-electron chi connectivity index (χ1n) is 7.04. The van der Waals surface area contributed by atoms with Crippen LogP contribution in [-0.2, 0) is 6.54 Å². The van der Waals surface area contributed by atoms with E-state index in [2.05, 4.69) is 10.3 Å². The third-order valence-electron chi connectivity index (χ3n) is 3.38. The first-order chi connectivity index (χ1) is 11.6. The van der Waals surface area contributed by atoms with Crippen molar-refractivity contribution >= 4 is 46.2 Å². The van der Waals surface area contributed by atoms with E-state index in [1.165, 1.54) is 12.3 Å². The van der Waals surface area contributed by atoms with Crippen molar-refractivity contribution in [2.45, 2.75) is 6.54 Å². The highest BCUT2D eigenvalue weighted by atomic mass is 35.5. The van der Waals surface area contributed by atoms with Gasteiger partial charge in [-0.2, -0.15) is 0 Å². The van der Waals surface area contributed by atoms with Gasteiger partial charge in [-0.05, 0) is 29.6 Å². The molecule has 122 valence electrons. The van der Waals surface area contributed by atoms with E-state index in [4.69, 9.17) is 23.2 Å². The molecule has 24 heavy (non-hydrogen) atoms. The number of aromatic nitrogens is 1. The molecule has 0 bridgehead atoms. The highest BCUT2D eigenvalue weighted by molar-refractivity contribution is 7.09. The number of ketones is 1. The topological polar surface area (TPSA) is 62.0 Å². The van der Waals surface area contributed by atoms with Gasteiger partial charge in [0.1, 0.15) is 5.69 Å². The van der Waals surface area contributed by atoms with Gasteiger partial charge in [0.25, 0.3) is 5.91 Å². The van der Waals surface area contributed by atoms with Crippen LogP contribution in [0.1, 0.15) is 31.3 Å². The van der Waals surface area contributed by atoms with Gasteiger partial charge in [0, 0.05) is 16.6 Å². The lowest BCUT2D eigenvalue weighted by atomic mass is 10.1. The summed E-state index contributed by atoms with van der Waals surface area (Å²) in [6, 6.07) is 10.2. The van der Waals surface area contributed by atoms with Crippen LogP contribution in [-0.4, -0.2) is 16.7 Å². The van der Waals surface area contributed by atoms with Crippen molar-refractivity contribution in [3.05, 3.63) is 79.7 Å². The van der Waals surface area contributed by atoms with Gasteiger partial charge in [-0.1, -0.05) is 35.3 Å². The molecule has 3 aromatic rings. The third kappa shape index (κ3) is 3.53. The van der Waals surface area contributed by atoms with Crippen molar-refractivity contribution in [2.75, 3.05) is 0 Å². The summed E-state index contributed by atoms with van der Waals surface area (Å²) < 4.78 is 0. The number of hydrogen-bond donors (Lipinski definition) is 2. The average Bonchev–Trinajstić information content (AvgIpc) is 3.24. The fraction of sp³-hybridized carbons (Fsp3) is 0.0588. The molecule has 0 atom stereocenters. The molecule has 2 heterocycles. The maximum Gasteiger partial charge on any atom is 0.268 e. The molecule has 2 N–H and O–H groups in total. The minimum Gasteiger partial charge on any atom is -0.356 e. The second kappa shape index (κ2) is 7.21. The van der Waals surface area contributed by atoms with E-state index in [0.29, 0.717) is 17.8 Å². The SMILES string of the molecule is O=C(NCc1cccs1)c1cc(C(=O)c2c(Cl)cccc2Cl)c[nH]1. The fourth-order valence-corrected chi connectivity index (χ4v) is 3.41. The summed E-state index contributed by atoms with van der Waals surface area (Å²) in [4.78, 5) is 28.6. The molecule has 0 fully saturated rings. The lowest BCUT2D eigenvalue weighted by Crippen LogP contribution is -2.22. The van der Waals surface area contributed by atoms with Crippen LogP contribution in [0, 0.1) is 0 Å². The van der Waals surface area contributed by atoms with Crippen LogP contribution in [0.3, 0.4) is 0 Å². The highest BCUT2D eigenvalue weighted by Crippen LogP contribution is 2.27. The number of thiophene rings is 1. The monoisotopic (exact) mass is 378 g/mol. The van der Waals surface area contributed by atoms with Gasteiger partial charge >= 0.3 is 0 Å². The number of nitrogens with one attached hydrogen (secondary N) is 2. The number of carbonyl (C=O) groups excluding carboxylic acids is 2. The zero-order valence-corrected chi connectivity index (χ0v) is 14.6. The number of hydrogen-bond acceptors (Lipinski definition) is 3. The van der Waals surface area contributed by atoms with E-state index in [0.717, 1.165) is 4.88 Å². The van der Waals surface area contributed by atoms with Crippen molar-refractivity contribution < 1.29 is 9.59 Å². The van der Waals surface area contributed by atoms with Crippen LogP contribution in [0.15, 0.2) is 48.0 Å². The fourth-order valence-electron chi connectivity index (χ4n) is 2.19. The number of halogens is 2. The van der Waals surface area contributed by atoms with E-state index in [1.807, 2.05) is 17.5 Å². The number of H-pyrrole nitrogens is 1. The van der Waals surface area contributed by atoms with Crippen LogP contribution >= 0.6 is 34.5 Å². The predicted molar refractivity (Wildman–Crippen MR) is 96.2 cm³/mol. The summed E-state index contributed by atoms with van der Waals surface area (Å²) >= 11 is 13.7. The molecule has 1 amide bonds. The minimum absolute atomic E-state index is 0.227. The molecule has 0 aliphatic rings. The van der Waals surface area contributed by atoms with Gasteiger partial charge in [0.2, 0.25) is 0 Å². The Balaban J connectivity index is 1.75. The molecule has 0 saturated carbocycles. The van der Waals surface area contributed by atoms with Gasteiger partial charge in [-0.3, -0.25) is 9.59 Å². The third-order valence-corrected chi connectivity index (χ3v) is 4.89. The van der Waals surface area contributed by atoms with Gasteiger partial charge in [-0.25, -0.2) is 0 Å². The largest absolute Gasteiger partial charge is 0.356 e. The molecule has 0 radical (unpaired) electrons. The number of benzene rings is 1. The summed E-state index contributed by atoms with van der Waals surface area (Å²) in [5.74, 6) is -0.619. The standard InChI is InChI=1S/C17H12Cl2N2O2S/c18-12-4-1-5-13(19)15(12)16(22)10-7-14(20-8-10)17(23)21-9-11-3-2-6-24-11/h1-8,20H,9H2,(H,21,23). The molecular formula is C17H12Cl2N2O2S. The van der Waals surface area contributed by atoms with E-state index >= 15 is 0 Å². The molecule has 0 spiro atoms. The Hall–Kier alpha value is -2.08. The Morgan fingerprint density at radius 1 is 1.12 bits per heavy atom. The molecule has 0 aliphatic heterocycles. The Bertz CT molecular complexity index is 868. The predicted octanol–water partition coefficient (Wildman–Crippen LogP) is 4.54. The summed E-state index contributed by atoms with van der Waals surface area (Å²) in [5, 5.41) is 5.29. The van der Waals surface area contributed by atoms with Crippen LogP contribution in [0.25, 0.3) is 0 Å². The van der Waals surface area contributed by atoms with Gasteiger partial charge in [-0.15, -0.1) is 11.3 Å². The number of amides is 1. The molecule has 1 aromatic carbocycles. The second-order valence-corrected chi connectivity index (χ2v) is 6.84. The van der Waals surface area contributed by atoms with Crippen LogP contribution in [0.4, 0.5) is 0 Å². The molecule has 3 rings (SSSR count). The molecule has 2 aromatic heterocycles. The molecule has 7 heteroatoms. The van der Waals surface area contributed by atoms with Crippen molar-refractivity contribution in [1.29, 1.82) is 0 Å². The van der Waals surface area contributed by atoms with E-state index in [9.17, 15) is 9.59 Å². The Morgan fingerprint density at radius 2 is 1.88 bits per heavy atom. The summed E-state index contributed by atoms with van der Waals surface area (Å²) in [5.41, 5.74) is 0.856. The lowest BCUT2D eigenvalue weighted by Gasteiger charge is -2.04. The van der Waals surface area contributed by atoms with Gasteiger partial charge in [0.15, 0.2) is 5.78 Å². The molecule has 4 nitrogen and oxygen atoms in total. The Morgan fingerprint density at radius 3 is 2.54 bits per heavy atom.